The maximum absolute atomic E-state index is 12.6. The van der Waals surface area contributed by atoms with Crippen molar-refractivity contribution in [2.75, 3.05) is 14.1 Å². The molecule has 7 heteroatoms. The Bertz CT molecular complexity index is 667. The Morgan fingerprint density at radius 2 is 2.14 bits per heavy atom. The summed E-state index contributed by atoms with van der Waals surface area (Å²) in [5.74, 6) is 0. The normalized spacial score (nSPS) is 13.5. The van der Waals surface area contributed by atoms with E-state index in [9.17, 15) is 8.42 Å². The Balaban J connectivity index is 2.24. The highest BCUT2D eigenvalue weighted by Crippen LogP contribution is 2.27. The Hall–Kier alpha value is -1.28. The molecule has 2 heterocycles. The van der Waals surface area contributed by atoms with Crippen molar-refractivity contribution in [2.45, 2.75) is 24.5 Å². The van der Waals surface area contributed by atoms with Gasteiger partial charge in [0.25, 0.3) is 10.0 Å². The van der Waals surface area contributed by atoms with Crippen molar-refractivity contribution in [1.82, 2.24) is 14.6 Å². The predicted octanol–water partition coefficient (Wildman–Crippen LogP) is 2.24. The smallest absolute Gasteiger partial charge is 0.260 e. The highest BCUT2D eigenvalue weighted by atomic mass is 32.2. The molecule has 1 N–H and O–H groups in total. The van der Waals surface area contributed by atoms with E-state index in [1.807, 2.05) is 31.5 Å². The third-order valence-corrected chi connectivity index (χ3v) is 6.21. The highest BCUT2D eigenvalue weighted by molar-refractivity contribution is 7.89. The fourth-order valence-corrected chi connectivity index (χ4v) is 4.08. The van der Waals surface area contributed by atoms with Gasteiger partial charge >= 0.3 is 0 Å². The van der Waals surface area contributed by atoms with Crippen LogP contribution < -0.4 is 5.32 Å². The first-order valence-corrected chi connectivity index (χ1v) is 8.89. The monoisotopic (exact) mass is 325 g/mol. The van der Waals surface area contributed by atoms with Crippen molar-refractivity contribution in [3.63, 3.8) is 0 Å². The number of rotatable bonds is 6. The van der Waals surface area contributed by atoms with Gasteiger partial charge in [-0.1, -0.05) is 12.1 Å². The molecule has 0 aliphatic heterocycles. The van der Waals surface area contributed by atoms with Crippen LogP contribution in [0, 0.1) is 0 Å². The van der Waals surface area contributed by atoms with Crippen molar-refractivity contribution in [1.29, 1.82) is 0 Å². The summed E-state index contributed by atoms with van der Waals surface area (Å²) in [4.78, 5) is 5.09. The summed E-state index contributed by atoms with van der Waals surface area (Å²) < 4.78 is 26.5. The first kappa shape index (κ1) is 16.1. The van der Waals surface area contributed by atoms with E-state index in [0.29, 0.717) is 6.54 Å². The summed E-state index contributed by atoms with van der Waals surface area (Å²) in [5, 5.41) is 5.02. The van der Waals surface area contributed by atoms with Gasteiger partial charge in [-0.3, -0.25) is 0 Å². The van der Waals surface area contributed by atoms with E-state index < -0.39 is 10.0 Å². The average molecular weight is 325 g/mol. The molecule has 0 saturated carbocycles. The zero-order chi connectivity index (χ0) is 15.5. The van der Waals surface area contributed by atoms with Crippen molar-refractivity contribution in [3.8, 4) is 0 Å². The standard InChI is InChI=1S/C14H19N3O2S2/c1-11(13-5-4-8-20-13)17(3)21(18,19)14-7-6-12(9-15-2)10-16-14/h4-8,10-11,15H,9H2,1-3H3. The number of thiophene rings is 1. The Kier molecular flexibility index (Phi) is 5.10. The molecule has 114 valence electrons. The van der Waals surface area contributed by atoms with Crippen molar-refractivity contribution < 1.29 is 8.42 Å². The van der Waals surface area contributed by atoms with Crippen LogP contribution in [0.3, 0.4) is 0 Å². The number of pyridine rings is 1. The lowest BCUT2D eigenvalue weighted by Gasteiger charge is -2.23. The van der Waals surface area contributed by atoms with Gasteiger partial charge in [0.2, 0.25) is 0 Å². The molecule has 0 aliphatic carbocycles. The molecule has 0 aromatic carbocycles. The second-order valence-electron chi connectivity index (χ2n) is 4.75. The summed E-state index contributed by atoms with van der Waals surface area (Å²) in [7, 11) is -0.167. The number of sulfonamides is 1. The lowest BCUT2D eigenvalue weighted by atomic mass is 10.3. The largest absolute Gasteiger partial charge is 0.316 e. The van der Waals surface area contributed by atoms with E-state index in [-0.39, 0.29) is 11.1 Å². The van der Waals surface area contributed by atoms with Crippen molar-refractivity contribution >= 4 is 21.4 Å². The lowest BCUT2D eigenvalue weighted by molar-refractivity contribution is 0.401. The zero-order valence-electron chi connectivity index (χ0n) is 12.3. The molecule has 0 radical (unpaired) electrons. The molecule has 2 aromatic heterocycles. The van der Waals surface area contributed by atoms with Gasteiger partial charge in [0.15, 0.2) is 5.03 Å². The van der Waals surface area contributed by atoms with Crippen LogP contribution in [0.5, 0.6) is 0 Å². The molecule has 2 aromatic rings. The average Bonchev–Trinajstić information content (AvgIpc) is 3.01. The molecule has 0 saturated heterocycles. The first-order valence-electron chi connectivity index (χ1n) is 6.57. The fourth-order valence-electron chi connectivity index (χ4n) is 1.94. The zero-order valence-corrected chi connectivity index (χ0v) is 13.9. The maximum Gasteiger partial charge on any atom is 0.260 e. The minimum atomic E-state index is -3.59. The van der Waals surface area contributed by atoms with E-state index in [2.05, 4.69) is 10.3 Å². The third-order valence-electron chi connectivity index (χ3n) is 3.32. The SMILES string of the molecule is CNCc1ccc(S(=O)(=O)N(C)C(C)c2cccs2)nc1. The second kappa shape index (κ2) is 6.65. The Morgan fingerprint density at radius 1 is 1.38 bits per heavy atom. The Labute approximate surface area is 129 Å². The van der Waals surface area contributed by atoms with Crippen LogP contribution in [0.1, 0.15) is 23.4 Å². The van der Waals surface area contributed by atoms with Crippen LogP contribution in [-0.2, 0) is 16.6 Å². The van der Waals surface area contributed by atoms with Crippen LogP contribution in [-0.4, -0.2) is 31.8 Å². The number of aromatic nitrogens is 1. The minimum absolute atomic E-state index is 0.0771. The summed E-state index contributed by atoms with van der Waals surface area (Å²) in [6.07, 6.45) is 1.59. The van der Waals surface area contributed by atoms with Crippen LogP contribution in [0.25, 0.3) is 0 Å². The minimum Gasteiger partial charge on any atom is -0.316 e. The first-order chi connectivity index (χ1) is 9.96. The number of nitrogens with zero attached hydrogens (tertiary/aromatic N) is 2. The fraction of sp³-hybridized carbons (Fsp3) is 0.357. The molecule has 1 unspecified atom stereocenters. The summed E-state index contributed by atoms with van der Waals surface area (Å²) in [6, 6.07) is 6.97. The van der Waals surface area contributed by atoms with Gasteiger partial charge in [0.05, 0.1) is 6.04 Å². The van der Waals surface area contributed by atoms with Crippen LogP contribution in [0.2, 0.25) is 0 Å². The third kappa shape index (κ3) is 3.49. The van der Waals surface area contributed by atoms with Gasteiger partial charge in [-0.25, -0.2) is 13.4 Å². The molecular formula is C14H19N3O2S2. The summed E-state index contributed by atoms with van der Waals surface area (Å²) in [5.41, 5.74) is 0.949. The molecular weight excluding hydrogens is 306 g/mol. The molecule has 5 nitrogen and oxygen atoms in total. The van der Waals surface area contributed by atoms with Gasteiger partial charge in [0, 0.05) is 24.7 Å². The van der Waals surface area contributed by atoms with Crippen molar-refractivity contribution in [3.05, 3.63) is 46.3 Å². The quantitative estimate of drug-likeness (QED) is 0.885. The summed E-state index contributed by atoms with van der Waals surface area (Å²) >= 11 is 1.54. The van der Waals surface area contributed by atoms with Crippen LogP contribution in [0.4, 0.5) is 0 Å². The van der Waals surface area contributed by atoms with Gasteiger partial charge < -0.3 is 5.32 Å². The number of nitrogens with one attached hydrogen (secondary N) is 1. The van der Waals surface area contributed by atoms with Crippen LogP contribution in [0.15, 0.2) is 40.9 Å². The topological polar surface area (TPSA) is 62.3 Å². The van der Waals surface area contributed by atoms with Gasteiger partial charge in [-0.2, -0.15) is 4.31 Å². The molecule has 0 amide bonds. The molecule has 0 aliphatic rings. The van der Waals surface area contributed by atoms with Crippen molar-refractivity contribution in [2.24, 2.45) is 0 Å². The van der Waals surface area contributed by atoms with Gasteiger partial charge in [-0.05, 0) is 37.0 Å². The van der Waals surface area contributed by atoms with Gasteiger partial charge in [-0.15, -0.1) is 11.3 Å². The lowest BCUT2D eigenvalue weighted by Crippen LogP contribution is -2.30. The Morgan fingerprint density at radius 3 is 2.67 bits per heavy atom. The molecule has 0 fully saturated rings. The van der Waals surface area contributed by atoms with E-state index in [0.717, 1.165) is 10.4 Å². The molecule has 1 atom stereocenters. The number of hydrogen-bond donors (Lipinski definition) is 1. The van der Waals surface area contributed by atoms with E-state index in [1.165, 1.54) is 4.31 Å². The highest BCUT2D eigenvalue weighted by Gasteiger charge is 2.27. The predicted molar refractivity (Wildman–Crippen MR) is 84.7 cm³/mol. The molecule has 0 bridgehead atoms. The van der Waals surface area contributed by atoms with E-state index in [4.69, 9.17) is 0 Å². The van der Waals surface area contributed by atoms with Gasteiger partial charge in [0.1, 0.15) is 0 Å². The maximum atomic E-state index is 12.6. The molecule has 2 rings (SSSR count). The van der Waals surface area contributed by atoms with Crippen LogP contribution >= 0.6 is 11.3 Å². The molecule has 21 heavy (non-hydrogen) atoms. The number of hydrogen-bond acceptors (Lipinski definition) is 5. The van der Waals surface area contributed by atoms with E-state index in [1.54, 1.807) is 36.7 Å². The summed E-state index contributed by atoms with van der Waals surface area (Å²) in [6.45, 7) is 2.54. The molecule has 0 spiro atoms. The van der Waals surface area contributed by atoms with E-state index >= 15 is 0 Å². The second-order valence-corrected chi connectivity index (χ2v) is 7.67.